The molecule has 0 aliphatic heterocycles. The van der Waals surface area contributed by atoms with Crippen molar-refractivity contribution in [3.63, 3.8) is 0 Å². The Hall–Kier alpha value is -1.60. The third-order valence-electron chi connectivity index (χ3n) is 2.38. The van der Waals surface area contributed by atoms with E-state index in [0.29, 0.717) is 0 Å². The second-order valence-corrected chi connectivity index (χ2v) is 4.50. The Balaban J connectivity index is 2.09. The highest BCUT2D eigenvalue weighted by molar-refractivity contribution is 9.15. The molecule has 0 bridgehead atoms. The van der Waals surface area contributed by atoms with Crippen LogP contribution < -0.4 is 0 Å². The molecule has 84 valence electrons. The number of benzene rings is 2. The number of allylic oxidation sites excluding steroid dienone is 2. The quantitative estimate of drug-likeness (QED) is 0.685. The van der Waals surface area contributed by atoms with E-state index in [1.54, 1.807) is 0 Å². The van der Waals surface area contributed by atoms with E-state index in [9.17, 15) is 0 Å². The number of rotatable bonds is 3. The van der Waals surface area contributed by atoms with E-state index < -0.39 is 0 Å². The first-order valence-corrected chi connectivity index (χ1v) is 6.30. The Labute approximate surface area is 110 Å². The lowest BCUT2D eigenvalue weighted by Gasteiger charge is -1.96. The van der Waals surface area contributed by atoms with Crippen molar-refractivity contribution in [2.24, 2.45) is 0 Å². The second kappa shape index (κ2) is 6.21. The predicted molar refractivity (Wildman–Crippen MR) is 78.8 cm³/mol. The molecule has 0 radical (unpaired) electrons. The smallest absolute Gasteiger partial charge is 0.0247 e. The molecule has 2 aromatic rings. The van der Waals surface area contributed by atoms with Gasteiger partial charge in [0, 0.05) is 4.48 Å². The van der Waals surface area contributed by atoms with Crippen LogP contribution in [0, 0.1) is 0 Å². The van der Waals surface area contributed by atoms with Crippen molar-refractivity contribution < 1.29 is 0 Å². The van der Waals surface area contributed by atoms with E-state index in [1.165, 1.54) is 11.1 Å². The molecule has 0 aliphatic carbocycles. The Morgan fingerprint density at radius 1 is 0.824 bits per heavy atom. The van der Waals surface area contributed by atoms with Crippen LogP contribution in [0.25, 0.3) is 10.6 Å². The molecule has 0 N–H and O–H groups in total. The molecule has 0 saturated heterocycles. The summed E-state index contributed by atoms with van der Waals surface area (Å²) in [5.74, 6) is 0. The maximum atomic E-state index is 3.57. The van der Waals surface area contributed by atoms with E-state index in [-0.39, 0.29) is 0 Å². The first-order chi connectivity index (χ1) is 8.36. The Kier molecular flexibility index (Phi) is 4.34. The Morgan fingerprint density at radius 2 is 1.41 bits per heavy atom. The summed E-state index contributed by atoms with van der Waals surface area (Å²) in [6.45, 7) is 0. The van der Waals surface area contributed by atoms with Crippen LogP contribution in [0.1, 0.15) is 11.1 Å². The van der Waals surface area contributed by atoms with Gasteiger partial charge in [0.15, 0.2) is 0 Å². The van der Waals surface area contributed by atoms with Gasteiger partial charge >= 0.3 is 0 Å². The molecule has 2 aromatic carbocycles. The molecule has 0 saturated carbocycles. The van der Waals surface area contributed by atoms with Gasteiger partial charge in [-0.15, -0.1) is 0 Å². The fraction of sp³-hybridized carbons (Fsp3) is 0. The molecule has 0 fully saturated rings. The molecule has 2 rings (SSSR count). The van der Waals surface area contributed by atoms with E-state index in [2.05, 4.69) is 52.3 Å². The highest BCUT2D eigenvalue weighted by atomic mass is 79.9. The fourth-order valence-electron chi connectivity index (χ4n) is 1.50. The first kappa shape index (κ1) is 11.9. The van der Waals surface area contributed by atoms with Gasteiger partial charge in [0.2, 0.25) is 0 Å². The molecule has 0 spiro atoms. The molecule has 0 nitrogen and oxygen atoms in total. The van der Waals surface area contributed by atoms with Crippen molar-refractivity contribution in [2.75, 3.05) is 0 Å². The highest BCUT2D eigenvalue weighted by Gasteiger charge is 1.92. The van der Waals surface area contributed by atoms with Gasteiger partial charge in [-0.3, -0.25) is 0 Å². The Bertz CT molecular complexity index is 510. The van der Waals surface area contributed by atoms with E-state index >= 15 is 0 Å². The topological polar surface area (TPSA) is 0 Å². The summed E-state index contributed by atoms with van der Waals surface area (Å²) >= 11 is 3.57. The van der Waals surface area contributed by atoms with Gasteiger partial charge in [-0.1, -0.05) is 88.7 Å². The molecule has 17 heavy (non-hydrogen) atoms. The van der Waals surface area contributed by atoms with Crippen molar-refractivity contribution >= 4 is 26.5 Å². The van der Waals surface area contributed by atoms with Crippen LogP contribution in [0.2, 0.25) is 0 Å². The van der Waals surface area contributed by atoms with E-state index in [0.717, 1.165) is 4.48 Å². The third-order valence-corrected chi connectivity index (χ3v) is 3.10. The lowest BCUT2D eigenvalue weighted by Crippen LogP contribution is -1.73. The van der Waals surface area contributed by atoms with Crippen molar-refractivity contribution in [3.8, 4) is 0 Å². The number of hydrogen-bond donors (Lipinski definition) is 0. The third kappa shape index (κ3) is 3.72. The summed E-state index contributed by atoms with van der Waals surface area (Å²) < 4.78 is 1.09. The largest absolute Gasteiger partial charge is 0.0622 e. The minimum Gasteiger partial charge on any atom is -0.0622 e. The summed E-state index contributed by atoms with van der Waals surface area (Å²) in [7, 11) is 0. The maximum absolute atomic E-state index is 3.57. The Morgan fingerprint density at radius 3 is 2.06 bits per heavy atom. The van der Waals surface area contributed by atoms with Crippen LogP contribution in [-0.4, -0.2) is 0 Å². The van der Waals surface area contributed by atoms with Gasteiger partial charge in [-0.25, -0.2) is 0 Å². The van der Waals surface area contributed by atoms with Crippen molar-refractivity contribution in [1.29, 1.82) is 0 Å². The summed E-state index contributed by atoms with van der Waals surface area (Å²) in [6, 6.07) is 20.5. The van der Waals surface area contributed by atoms with Crippen LogP contribution in [0.15, 0.2) is 72.8 Å². The molecule has 0 aromatic heterocycles. The molecule has 0 aliphatic rings. The van der Waals surface area contributed by atoms with Gasteiger partial charge < -0.3 is 0 Å². The summed E-state index contributed by atoms with van der Waals surface area (Å²) in [5.41, 5.74) is 2.39. The average molecular weight is 285 g/mol. The number of halogens is 1. The van der Waals surface area contributed by atoms with Crippen LogP contribution in [0.4, 0.5) is 0 Å². The SMILES string of the molecule is Br/C(=C/C=C/c1ccccc1)c1ccccc1. The van der Waals surface area contributed by atoms with Crippen LogP contribution in [0.3, 0.4) is 0 Å². The second-order valence-electron chi connectivity index (χ2n) is 3.65. The minimum absolute atomic E-state index is 1.09. The van der Waals surface area contributed by atoms with Crippen molar-refractivity contribution in [1.82, 2.24) is 0 Å². The zero-order valence-corrected chi connectivity index (χ0v) is 11.0. The summed E-state index contributed by atoms with van der Waals surface area (Å²) in [5, 5.41) is 0. The van der Waals surface area contributed by atoms with E-state index in [1.807, 2.05) is 42.5 Å². The lowest BCUT2D eigenvalue weighted by molar-refractivity contribution is 1.65. The van der Waals surface area contributed by atoms with Gasteiger partial charge in [0.05, 0.1) is 0 Å². The normalized spacial score (nSPS) is 11.9. The highest BCUT2D eigenvalue weighted by Crippen LogP contribution is 2.20. The van der Waals surface area contributed by atoms with Crippen LogP contribution >= 0.6 is 15.9 Å². The average Bonchev–Trinajstić information content (AvgIpc) is 2.41. The molecule has 1 heteroatoms. The molecular weight excluding hydrogens is 272 g/mol. The van der Waals surface area contributed by atoms with Crippen molar-refractivity contribution in [2.45, 2.75) is 0 Å². The molecule has 0 heterocycles. The van der Waals surface area contributed by atoms with Gasteiger partial charge in [0.25, 0.3) is 0 Å². The van der Waals surface area contributed by atoms with Gasteiger partial charge in [-0.2, -0.15) is 0 Å². The first-order valence-electron chi connectivity index (χ1n) is 5.50. The molecular formula is C16H13Br. The molecule has 0 unspecified atom stereocenters. The number of hydrogen-bond acceptors (Lipinski definition) is 0. The van der Waals surface area contributed by atoms with Crippen molar-refractivity contribution in [3.05, 3.63) is 83.9 Å². The predicted octanol–water partition coefficient (Wildman–Crippen LogP) is 5.14. The monoisotopic (exact) mass is 284 g/mol. The zero-order valence-electron chi connectivity index (χ0n) is 9.38. The minimum atomic E-state index is 1.09. The zero-order chi connectivity index (χ0) is 11.9. The fourth-order valence-corrected chi connectivity index (χ4v) is 1.92. The van der Waals surface area contributed by atoms with Crippen LogP contribution in [-0.2, 0) is 0 Å². The van der Waals surface area contributed by atoms with Gasteiger partial charge in [-0.05, 0) is 17.2 Å². The summed E-state index contributed by atoms with van der Waals surface area (Å²) in [6.07, 6.45) is 6.19. The maximum Gasteiger partial charge on any atom is 0.0247 e. The van der Waals surface area contributed by atoms with Gasteiger partial charge in [0.1, 0.15) is 0 Å². The summed E-state index contributed by atoms with van der Waals surface area (Å²) in [4.78, 5) is 0. The van der Waals surface area contributed by atoms with Crippen LogP contribution in [0.5, 0.6) is 0 Å². The molecule has 0 atom stereocenters. The standard InChI is InChI=1S/C16H13Br/c17-16(15-11-5-2-6-12-15)13-7-10-14-8-3-1-4-9-14/h1-13H/b10-7+,16-13+. The lowest BCUT2D eigenvalue weighted by atomic mass is 10.2. The molecule has 0 amide bonds. The van der Waals surface area contributed by atoms with E-state index in [4.69, 9.17) is 0 Å².